The minimum Gasteiger partial charge on any atom is -0.497 e. The Kier molecular flexibility index (Phi) is 4.84. The zero-order valence-electron chi connectivity index (χ0n) is 15.5. The molecule has 7 heteroatoms. The van der Waals surface area contributed by atoms with E-state index < -0.39 is 29.1 Å². The molecule has 0 amide bonds. The second kappa shape index (κ2) is 6.79. The van der Waals surface area contributed by atoms with Crippen molar-refractivity contribution in [2.24, 2.45) is 5.92 Å². The number of ether oxygens (including phenoxy) is 5. The van der Waals surface area contributed by atoms with Crippen LogP contribution in [0.3, 0.4) is 0 Å². The molecule has 2 fully saturated rings. The van der Waals surface area contributed by atoms with E-state index in [1.54, 1.807) is 34.1 Å². The van der Waals surface area contributed by atoms with Crippen LogP contribution in [0.1, 0.15) is 32.3 Å². The van der Waals surface area contributed by atoms with Gasteiger partial charge in [0.25, 0.3) is 5.79 Å². The monoisotopic (exact) mass is 364 g/mol. The van der Waals surface area contributed by atoms with Crippen LogP contribution in [-0.4, -0.2) is 45.2 Å². The molecule has 1 aromatic carbocycles. The quantitative estimate of drug-likeness (QED) is 0.598. The molecule has 0 aromatic heterocycles. The molecular weight excluding hydrogens is 340 g/mol. The van der Waals surface area contributed by atoms with E-state index >= 15 is 0 Å². The lowest BCUT2D eigenvalue weighted by Gasteiger charge is -2.45. The summed E-state index contributed by atoms with van der Waals surface area (Å²) in [7, 11) is 3.11. The number of rotatable bonds is 4. The smallest absolute Gasteiger partial charge is 0.324 e. The second-order valence-corrected chi connectivity index (χ2v) is 7.04. The van der Waals surface area contributed by atoms with Crippen LogP contribution in [0.5, 0.6) is 11.5 Å². The average molecular weight is 364 g/mol. The van der Waals surface area contributed by atoms with Gasteiger partial charge in [-0.05, 0) is 30.5 Å². The molecule has 2 aliphatic heterocycles. The highest BCUT2D eigenvalue weighted by molar-refractivity contribution is 5.98. The lowest BCUT2D eigenvalue weighted by atomic mass is 9.65. The Morgan fingerprint density at radius 3 is 1.88 bits per heavy atom. The average Bonchev–Trinajstić information content (AvgIpc) is 2.60. The van der Waals surface area contributed by atoms with Gasteiger partial charge >= 0.3 is 11.9 Å². The summed E-state index contributed by atoms with van der Waals surface area (Å²) in [5.74, 6) is -2.30. The van der Waals surface area contributed by atoms with E-state index in [0.717, 1.165) is 5.56 Å². The van der Waals surface area contributed by atoms with Gasteiger partial charge in [0, 0.05) is 38.5 Å². The first-order valence-electron chi connectivity index (χ1n) is 8.58. The van der Waals surface area contributed by atoms with Crippen LogP contribution in [0.4, 0.5) is 0 Å². The van der Waals surface area contributed by atoms with Crippen LogP contribution >= 0.6 is 0 Å². The summed E-state index contributed by atoms with van der Waals surface area (Å²) >= 11 is 0. The number of carbonyl (C=O) groups excluding carboxylic acids is 2. The summed E-state index contributed by atoms with van der Waals surface area (Å²) in [6.07, 6.45) is 0.969. The maximum atomic E-state index is 12.8. The van der Waals surface area contributed by atoms with E-state index in [4.69, 9.17) is 23.7 Å². The highest BCUT2D eigenvalue weighted by atomic mass is 16.7. The van der Waals surface area contributed by atoms with E-state index in [1.807, 2.05) is 12.1 Å². The highest BCUT2D eigenvalue weighted by Gasteiger charge is 2.56. The lowest BCUT2D eigenvalue weighted by Crippen LogP contribution is -2.56. The molecule has 0 bridgehead atoms. The van der Waals surface area contributed by atoms with E-state index in [-0.39, 0.29) is 0 Å². The molecule has 2 saturated heterocycles. The minimum atomic E-state index is -1.26. The Morgan fingerprint density at radius 2 is 1.42 bits per heavy atom. The number of cyclic esters (lactones) is 2. The van der Waals surface area contributed by atoms with Crippen molar-refractivity contribution in [1.82, 2.24) is 0 Å². The van der Waals surface area contributed by atoms with Crippen molar-refractivity contribution in [3.63, 3.8) is 0 Å². The van der Waals surface area contributed by atoms with Gasteiger partial charge in [-0.15, -0.1) is 0 Å². The molecule has 0 N–H and O–H groups in total. The SMILES string of the molecule is COc1cc(OC)cc(C2(C3C(=O)OC(C)(C)OC3=O)CCOCC2)c1. The van der Waals surface area contributed by atoms with E-state index in [1.165, 1.54) is 0 Å². The first-order valence-corrected chi connectivity index (χ1v) is 8.58. The fourth-order valence-corrected chi connectivity index (χ4v) is 3.75. The number of esters is 2. The lowest BCUT2D eigenvalue weighted by molar-refractivity contribution is -0.245. The molecule has 0 spiro atoms. The van der Waals surface area contributed by atoms with Crippen molar-refractivity contribution >= 4 is 11.9 Å². The van der Waals surface area contributed by atoms with Crippen LogP contribution in [-0.2, 0) is 29.2 Å². The van der Waals surface area contributed by atoms with E-state index in [2.05, 4.69) is 0 Å². The molecule has 142 valence electrons. The molecule has 2 aliphatic rings. The summed E-state index contributed by atoms with van der Waals surface area (Å²) in [4.78, 5) is 25.6. The van der Waals surface area contributed by atoms with Crippen molar-refractivity contribution in [2.45, 2.75) is 37.9 Å². The summed E-state index contributed by atoms with van der Waals surface area (Å²) < 4.78 is 27.0. The van der Waals surface area contributed by atoms with Crippen molar-refractivity contribution in [3.05, 3.63) is 23.8 Å². The Hall–Kier alpha value is -2.28. The number of hydrogen-bond acceptors (Lipinski definition) is 7. The molecular formula is C19H24O7. The van der Waals surface area contributed by atoms with Gasteiger partial charge in [0.2, 0.25) is 0 Å². The fraction of sp³-hybridized carbons (Fsp3) is 0.579. The van der Waals surface area contributed by atoms with Gasteiger partial charge in [-0.2, -0.15) is 0 Å². The predicted molar refractivity (Wildman–Crippen MR) is 91.0 cm³/mol. The second-order valence-electron chi connectivity index (χ2n) is 7.04. The van der Waals surface area contributed by atoms with Gasteiger partial charge in [-0.1, -0.05) is 0 Å². The maximum absolute atomic E-state index is 12.8. The normalized spacial score (nSPS) is 22.3. The molecule has 0 unspecified atom stereocenters. The van der Waals surface area contributed by atoms with Crippen LogP contribution < -0.4 is 9.47 Å². The first kappa shape index (κ1) is 18.5. The summed E-state index contributed by atoms with van der Waals surface area (Å²) in [6.45, 7) is 3.95. The number of methoxy groups -OCH3 is 2. The van der Waals surface area contributed by atoms with Gasteiger partial charge in [-0.3, -0.25) is 9.59 Å². The third-order valence-corrected chi connectivity index (χ3v) is 5.03. The molecule has 0 radical (unpaired) electrons. The molecule has 1 aromatic rings. The Morgan fingerprint density at radius 1 is 0.923 bits per heavy atom. The molecule has 0 saturated carbocycles. The molecule has 7 nitrogen and oxygen atoms in total. The maximum Gasteiger partial charge on any atom is 0.324 e. The van der Waals surface area contributed by atoms with Gasteiger partial charge in [-0.25, -0.2) is 0 Å². The molecule has 2 heterocycles. The van der Waals surface area contributed by atoms with Crippen molar-refractivity contribution < 1.29 is 33.3 Å². The standard InChI is InChI=1S/C19H24O7/c1-18(2)25-16(20)15(17(21)26-18)19(5-7-24-8-6-19)12-9-13(22-3)11-14(10-12)23-4/h9-11,15H,5-8H2,1-4H3. The Balaban J connectivity index is 2.11. The molecule has 3 rings (SSSR count). The third kappa shape index (κ3) is 3.23. The van der Waals surface area contributed by atoms with Crippen LogP contribution in [0.2, 0.25) is 0 Å². The zero-order valence-corrected chi connectivity index (χ0v) is 15.5. The fourth-order valence-electron chi connectivity index (χ4n) is 3.75. The minimum absolute atomic E-state index is 0.431. The van der Waals surface area contributed by atoms with Gasteiger partial charge in [0.05, 0.1) is 14.2 Å². The molecule has 26 heavy (non-hydrogen) atoms. The molecule has 0 aliphatic carbocycles. The van der Waals surface area contributed by atoms with Crippen molar-refractivity contribution in [3.8, 4) is 11.5 Å². The van der Waals surface area contributed by atoms with Gasteiger partial charge in [0.15, 0.2) is 5.92 Å². The third-order valence-electron chi connectivity index (χ3n) is 5.03. The molecule has 0 atom stereocenters. The summed E-state index contributed by atoms with van der Waals surface area (Å²) in [6, 6.07) is 5.40. The van der Waals surface area contributed by atoms with Crippen molar-refractivity contribution in [1.29, 1.82) is 0 Å². The van der Waals surface area contributed by atoms with Crippen LogP contribution in [0.25, 0.3) is 0 Å². The number of carbonyl (C=O) groups is 2. The zero-order chi connectivity index (χ0) is 18.9. The van der Waals surface area contributed by atoms with Gasteiger partial charge < -0.3 is 23.7 Å². The van der Waals surface area contributed by atoms with Gasteiger partial charge in [0.1, 0.15) is 11.5 Å². The van der Waals surface area contributed by atoms with E-state index in [0.29, 0.717) is 37.6 Å². The van der Waals surface area contributed by atoms with Crippen LogP contribution in [0, 0.1) is 5.92 Å². The first-order chi connectivity index (χ1) is 12.3. The predicted octanol–water partition coefficient (Wildman–Crippen LogP) is 2.20. The number of hydrogen-bond donors (Lipinski definition) is 0. The summed E-state index contributed by atoms with van der Waals surface area (Å²) in [5.41, 5.74) is -0.0271. The largest absolute Gasteiger partial charge is 0.497 e. The van der Waals surface area contributed by atoms with Crippen molar-refractivity contribution in [2.75, 3.05) is 27.4 Å². The van der Waals surface area contributed by atoms with Crippen LogP contribution in [0.15, 0.2) is 18.2 Å². The topological polar surface area (TPSA) is 80.3 Å². The summed E-state index contributed by atoms with van der Waals surface area (Å²) in [5, 5.41) is 0. The highest BCUT2D eigenvalue weighted by Crippen LogP contribution is 2.47. The Labute approximate surface area is 152 Å². The van der Waals surface area contributed by atoms with E-state index in [9.17, 15) is 9.59 Å². The Bertz CT molecular complexity index is 662. The number of benzene rings is 1.